The molecule has 108 valence electrons. The molecule has 0 fully saturated rings. The number of carboxylic acids is 1. The summed E-state index contributed by atoms with van der Waals surface area (Å²) < 4.78 is 36.3. The highest BCUT2D eigenvalue weighted by Gasteiger charge is 2.21. The number of hydrogen-bond acceptors (Lipinski definition) is 2. The third-order valence-electron chi connectivity index (χ3n) is 2.44. The standard InChI is InChI=1S/C13H12F3NO3/c14-9(12(15)16)7-11(18)17-10(13(19)20)6-8-4-2-1-3-5-8/h1-5,10H,6-7H2,(H,17,18)(H,19,20)/t10-/m0/s1. The van der Waals surface area contributed by atoms with Crippen molar-refractivity contribution in [3.8, 4) is 0 Å². The number of rotatable bonds is 6. The molecule has 1 rings (SSSR count). The molecule has 1 aromatic rings. The second-order valence-corrected chi connectivity index (χ2v) is 3.99. The highest BCUT2D eigenvalue weighted by atomic mass is 19.3. The topological polar surface area (TPSA) is 66.4 Å². The smallest absolute Gasteiger partial charge is 0.326 e. The number of amides is 1. The first-order chi connectivity index (χ1) is 9.40. The Morgan fingerprint density at radius 2 is 1.75 bits per heavy atom. The largest absolute Gasteiger partial charge is 0.480 e. The van der Waals surface area contributed by atoms with Gasteiger partial charge in [0, 0.05) is 6.42 Å². The molecule has 0 radical (unpaired) electrons. The number of benzene rings is 1. The molecule has 20 heavy (non-hydrogen) atoms. The fourth-order valence-electron chi connectivity index (χ4n) is 1.50. The fourth-order valence-corrected chi connectivity index (χ4v) is 1.50. The first-order valence-electron chi connectivity index (χ1n) is 5.66. The van der Waals surface area contributed by atoms with Gasteiger partial charge in [-0.05, 0) is 5.56 Å². The average Bonchev–Trinajstić information content (AvgIpc) is 2.38. The highest BCUT2D eigenvalue weighted by molar-refractivity contribution is 5.84. The molecule has 0 saturated carbocycles. The fraction of sp³-hybridized carbons (Fsp3) is 0.231. The Kier molecular flexibility index (Phi) is 5.76. The van der Waals surface area contributed by atoms with E-state index in [1.165, 1.54) is 0 Å². The Morgan fingerprint density at radius 1 is 1.15 bits per heavy atom. The van der Waals surface area contributed by atoms with Crippen LogP contribution < -0.4 is 5.32 Å². The molecule has 1 aromatic carbocycles. The monoisotopic (exact) mass is 287 g/mol. The van der Waals surface area contributed by atoms with Crippen LogP contribution in [0.25, 0.3) is 0 Å². The van der Waals surface area contributed by atoms with E-state index in [4.69, 9.17) is 5.11 Å². The van der Waals surface area contributed by atoms with Gasteiger partial charge in [-0.25, -0.2) is 9.18 Å². The Labute approximate surface area is 112 Å². The van der Waals surface area contributed by atoms with E-state index in [2.05, 4.69) is 0 Å². The lowest BCUT2D eigenvalue weighted by Gasteiger charge is -2.14. The van der Waals surface area contributed by atoms with Gasteiger partial charge in [0.2, 0.25) is 5.91 Å². The summed E-state index contributed by atoms with van der Waals surface area (Å²) in [6.45, 7) is 0. The molecule has 1 amide bonds. The SMILES string of the molecule is O=C(CC(F)=C(F)F)N[C@@H](Cc1ccccc1)C(=O)O. The van der Waals surface area contributed by atoms with Crippen LogP contribution in [0.15, 0.2) is 42.2 Å². The van der Waals surface area contributed by atoms with E-state index in [0.29, 0.717) is 5.56 Å². The molecule has 0 unspecified atom stereocenters. The number of halogens is 3. The van der Waals surface area contributed by atoms with E-state index < -0.39 is 36.2 Å². The van der Waals surface area contributed by atoms with Gasteiger partial charge in [0.15, 0.2) is 5.83 Å². The van der Waals surface area contributed by atoms with Crippen LogP contribution in [-0.4, -0.2) is 23.0 Å². The molecule has 0 bridgehead atoms. The molecule has 0 saturated heterocycles. The lowest BCUT2D eigenvalue weighted by atomic mass is 10.1. The molecule has 0 heterocycles. The Morgan fingerprint density at radius 3 is 2.25 bits per heavy atom. The van der Waals surface area contributed by atoms with Crippen LogP contribution in [0.3, 0.4) is 0 Å². The maximum absolute atomic E-state index is 12.6. The Balaban J connectivity index is 2.67. The quantitative estimate of drug-likeness (QED) is 0.843. The van der Waals surface area contributed by atoms with Crippen molar-refractivity contribution >= 4 is 11.9 Å². The number of aliphatic carboxylic acids is 1. The zero-order chi connectivity index (χ0) is 15.1. The van der Waals surface area contributed by atoms with E-state index >= 15 is 0 Å². The summed E-state index contributed by atoms with van der Waals surface area (Å²) in [6, 6.07) is 7.13. The van der Waals surface area contributed by atoms with Gasteiger partial charge in [-0.15, -0.1) is 0 Å². The molecule has 4 nitrogen and oxygen atoms in total. The van der Waals surface area contributed by atoms with Crippen molar-refractivity contribution in [1.29, 1.82) is 0 Å². The maximum atomic E-state index is 12.6. The molecule has 2 N–H and O–H groups in total. The van der Waals surface area contributed by atoms with Gasteiger partial charge in [-0.3, -0.25) is 4.79 Å². The molecule has 0 aliphatic rings. The molecular formula is C13H12F3NO3. The molecule has 0 aromatic heterocycles. The maximum Gasteiger partial charge on any atom is 0.326 e. The van der Waals surface area contributed by atoms with Crippen LogP contribution in [0.2, 0.25) is 0 Å². The second-order valence-electron chi connectivity index (χ2n) is 3.99. The van der Waals surface area contributed by atoms with Crippen LogP contribution in [0.5, 0.6) is 0 Å². The first kappa shape index (κ1) is 15.7. The number of hydrogen-bond donors (Lipinski definition) is 2. The van der Waals surface area contributed by atoms with Crippen molar-refractivity contribution in [2.75, 3.05) is 0 Å². The minimum absolute atomic E-state index is 0.0225. The van der Waals surface area contributed by atoms with E-state index in [-0.39, 0.29) is 6.42 Å². The van der Waals surface area contributed by atoms with Crippen LogP contribution in [0.4, 0.5) is 13.2 Å². The van der Waals surface area contributed by atoms with Crippen molar-refractivity contribution < 1.29 is 27.9 Å². The Bertz CT molecular complexity index is 513. The first-order valence-corrected chi connectivity index (χ1v) is 5.66. The summed E-state index contributed by atoms with van der Waals surface area (Å²) >= 11 is 0. The number of carbonyl (C=O) groups is 2. The summed E-state index contributed by atoms with van der Waals surface area (Å²) in [7, 11) is 0. The lowest BCUT2D eigenvalue weighted by Crippen LogP contribution is -2.42. The van der Waals surface area contributed by atoms with Gasteiger partial charge in [0.25, 0.3) is 0 Å². The zero-order valence-electron chi connectivity index (χ0n) is 10.3. The van der Waals surface area contributed by atoms with Crippen molar-refractivity contribution in [2.45, 2.75) is 18.9 Å². The molecular weight excluding hydrogens is 275 g/mol. The minimum atomic E-state index is -2.59. The third-order valence-corrected chi connectivity index (χ3v) is 2.44. The second kappa shape index (κ2) is 7.32. The van der Waals surface area contributed by atoms with Gasteiger partial charge in [-0.1, -0.05) is 30.3 Å². The summed E-state index contributed by atoms with van der Waals surface area (Å²) in [5, 5.41) is 11.0. The Hall–Kier alpha value is -2.31. The predicted molar refractivity (Wildman–Crippen MR) is 64.7 cm³/mol. The normalized spacial score (nSPS) is 11.6. The average molecular weight is 287 g/mol. The molecule has 1 atom stereocenters. The van der Waals surface area contributed by atoms with Crippen LogP contribution >= 0.6 is 0 Å². The van der Waals surface area contributed by atoms with Crippen LogP contribution in [0.1, 0.15) is 12.0 Å². The zero-order valence-corrected chi connectivity index (χ0v) is 10.3. The highest BCUT2D eigenvalue weighted by Crippen LogP contribution is 2.13. The van der Waals surface area contributed by atoms with Gasteiger partial charge in [0.05, 0.1) is 6.42 Å². The minimum Gasteiger partial charge on any atom is -0.480 e. The van der Waals surface area contributed by atoms with Gasteiger partial charge < -0.3 is 10.4 Å². The van der Waals surface area contributed by atoms with Crippen LogP contribution in [-0.2, 0) is 16.0 Å². The number of carboxylic acid groups (broad SMARTS) is 1. The van der Waals surface area contributed by atoms with E-state index in [1.807, 2.05) is 5.32 Å². The molecule has 0 aliphatic carbocycles. The summed E-state index contributed by atoms with van der Waals surface area (Å²) in [4.78, 5) is 22.3. The molecule has 0 aliphatic heterocycles. The number of carbonyl (C=O) groups excluding carboxylic acids is 1. The molecule has 0 spiro atoms. The van der Waals surface area contributed by atoms with Gasteiger partial charge >= 0.3 is 12.0 Å². The van der Waals surface area contributed by atoms with Gasteiger partial charge in [-0.2, -0.15) is 8.78 Å². The lowest BCUT2D eigenvalue weighted by molar-refractivity contribution is -0.141. The summed E-state index contributed by atoms with van der Waals surface area (Å²) in [6.07, 6.45) is -3.79. The third kappa shape index (κ3) is 5.13. The summed E-state index contributed by atoms with van der Waals surface area (Å²) in [5.41, 5.74) is 0.646. The van der Waals surface area contributed by atoms with E-state index in [1.54, 1.807) is 30.3 Å². The van der Waals surface area contributed by atoms with E-state index in [0.717, 1.165) is 0 Å². The van der Waals surface area contributed by atoms with Crippen molar-refractivity contribution in [3.05, 3.63) is 47.8 Å². The van der Waals surface area contributed by atoms with Crippen molar-refractivity contribution in [2.24, 2.45) is 0 Å². The predicted octanol–water partition coefficient (Wildman–Crippen LogP) is 2.27. The summed E-state index contributed by atoms with van der Waals surface area (Å²) in [5.74, 6) is -4.31. The van der Waals surface area contributed by atoms with Crippen LogP contribution in [0, 0.1) is 0 Å². The van der Waals surface area contributed by atoms with E-state index in [9.17, 15) is 22.8 Å². The van der Waals surface area contributed by atoms with Crippen molar-refractivity contribution in [3.63, 3.8) is 0 Å². The van der Waals surface area contributed by atoms with Crippen molar-refractivity contribution in [1.82, 2.24) is 5.32 Å². The molecule has 7 heteroatoms. The number of nitrogens with one attached hydrogen (secondary N) is 1. The van der Waals surface area contributed by atoms with Gasteiger partial charge in [0.1, 0.15) is 6.04 Å².